The molecule has 1 aromatic heterocycles. The fraction of sp³-hybridized carbons (Fsp3) is 0.357. The third kappa shape index (κ3) is 5.98. The lowest BCUT2D eigenvalue weighted by Gasteiger charge is -2.30. The third-order valence-corrected chi connectivity index (χ3v) is 6.38. The first kappa shape index (κ1) is 23.0. The van der Waals surface area contributed by atoms with Crippen LogP contribution in [0.5, 0.6) is 5.88 Å². The van der Waals surface area contributed by atoms with E-state index in [1.54, 1.807) is 12.1 Å². The van der Waals surface area contributed by atoms with Crippen LogP contribution in [0.1, 0.15) is 53.8 Å². The molecule has 4 nitrogen and oxygen atoms in total. The second kappa shape index (κ2) is 10.6. The fourth-order valence-electron chi connectivity index (χ4n) is 4.46. The molecule has 0 radical (unpaired) electrons. The van der Waals surface area contributed by atoms with Gasteiger partial charge in [-0.1, -0.05) is 36.4 Å². The molecule has 0 fully saturated rings. The number of benzene rings is 2. The van der Waals surface area contributed by atoms with E-state index < -0.39 is 0 Å². The van der Waals surface area contributed by atoms with E-state index in [1.165, 1.54) is 29.7 Å². The SMILES string of the molecule is Cc1cccc(OCCN(C(=O)CCc2ccc(F)cc2)C(C)c2ccc3c(c2)CCC3)n1. The normalized spacial score (nSPS) is 13.4. The summed E-state index contributed by atoms with van der Waals surface area (Å²) in [4.78, 5) is 19.6. The highest BCUT2D eigenvalue weighted by Crippen LogP contribution is 2.28. The van der Waals surface area contributed by atoms with Crippen LogP contribution in [0.4, 0.5) is 4.39 Å². The smallest absolute Gasteiger partial charge is 0.223 e. The van der Waals surface area contributed by atoms with Crippen molar-refractivity contribution in [3.05, 3.63) is 94.4 Å². The van der Waals surface area contributed by atoms with Gasteiger partial charge in [0.05, 0.1) is 12.6 Å². The molecule has 172 valence electrons. The molecule has 0 saturated carbocycles. The van der Waals surface area contributed by atoms with Gasteiger partial charge in [-0.2, -0.15) is 0 Å². The van der Waals surface area contributed by atoms with E-state index in [0.717, 1.165) is 29.7 Å². The second-order valence-electron chi connectivity index (χ2n) is 8.74. The van der Waals surface area contributed by atoms with Crippen molar-refractivity contribution in [2.45, 2.75) is 52.0 Å². The predicted molar refractivity (Wildman–Crippen MR) is 128 cm³/mol. The number of pyridine rings is 1. The van der Waals surface area contributed by atoms with E-state index >= 15 is 0 Å². The minimum absolute atomic E-state index is 0.0631. The molecule has 5 heteroatoms. The monoisotopic (exact) mass is 446 g/mol. The van der Waals surface area contributed by atoms with Gasteiger partial charge in [-0.3, -0.25) is 4.79 Å². The van der Waals surface area contributed by atoms with Crippen LogP contribution in [0.3, 0.4) is 0 Å². The van der Waals surface area contributed by atoms with Crippen LogP contribution in [0.25, 0.3) is 0 Å². The Morgan fingerprint density at radius 1 is 1.09 bits per heavy atom. The molecular formula is C28H31FN2O2. The van der Waals surface area contributed by atoms with Crippen LogP contribution in [0.15, 0.2) is 60.7 Å². The highest BCUT2D eigenvalue weighted by molar-refractivity contribution is 5.77. The Balaban J connectivity index is 1.46. The lowest BCUT2D eigenvalue weighted by Crippen LogP contribution is -2.37. The maximum atomic E-state index is 13.3. The Morgan fingerprint density at radius 2 is 1.88 bits per heavy atom. The molecule has 0 spiro atoms. The number of aromatic nitrogens is 1. The Morgan fingerprint density at radius 3 is 2.67 bits per heavy atom. The Labute approximate surface area is 195 Å². The van der Waals surface area contributed by atoms with Gasteiger partial charge in [0.15, 0.2) is 0 Å². The Kier molecular flexibility index (Phi) is 7.38. The molecule has 3 aromatic rings. The van der Waals surface area contributed by atoms with E-state index in [0.29, 0.717) is 31.9 Å². The molecule has 1 atom stereocenters. The molecule has 0 saturated heterocycles. The Bertz CT molecular complexity index is 1100. The maximum Gasteiger partial charge on any atom is 0.223 e. The number of carbonyl (C=O) groups excluding carboxylic acids is 1. The summed E-state index contributed by atoms with van der Waals surface area (Å²) in [5.41, 5.74) is 5.83. The van der Waals surface area contributed by atoms with Crippen molar-refractivity contribution < 1.29 is 13.9 Å². The number of ether oxygens (including phenoxy) is 1. The van der Waals surface area contributed by atoms with Crippen molar-refractivity contribution in [3.63, 3.8) is 0 Å². The minimum atomic E-state index is -0.265. The van der Waals surface area contributed by atoms with Gasteiger partial charge in [0, 0.05) is 18.2 Å². The average Bonchev–Trinajstić information content (AvgIpc) is 3.29. The van der Waals surface area contributed by atoms with Crippen molar-refractivity contribution >= 4 is 5.91 Å². The van der Waals surface area contributed by atoms with E-state index in [1.807, 2.05) is 30.0 Å². The third-order valence-electron chi connectivity index (χ3n) is 6.38. The highest BCUT2D eigenvalue weighted by atomic mass is 19.1. The zero-order valence-corrected chi connectivity index (χ0v) is 19.4. The predicted octanol–water partition coefficient (Wildman–Crippen LogP) is 5.62. The highest BCUT2D eigenvalue weighted by Gasteiger charge is 2.23. The van der Waals surface area contributed by atoms with Gasteiger partial charge in [-0.15, -0.1) is 0 Å². The van der Waals surface area contributed by atoms with E-state index in [9.17, 15) is 9.18 Å². The summed E-state index contributed by atoms with van der Waals surface area (Å²) in [5, 5.41) is 0. The van der Waals surface area contributed by atoms with E-state index in [4.69, 9.17) is 4.74 Å². The van der Waals surface area contributed by atoms with Gasteiger partial charge < -0.3 is 9.64 Å². The molecule has 2 aromatic carbocycles. The lowest BCUT2D eigenvalue weighted by molar-refractivity contribution is -0.133. The van der Waals surface area contributed by atoms with Gasteiger partial charge in [-0.05, 0) is 80.0 Å². The number of hydrogen-bond donors (Lipinski definition) is 0. The molecule has 0 aliphatic heterocycles. The molecule has 1 aliphatic rings. The summed E-state index contributed by atoms with van der Waals surface area (Å²) < 4.78 is 19.1. The molecule has 1 unspecified atom stereocenters. The standard InChI is InChI=1S/C28H31FN2O2/c1-20-5-3-8-27(30-20)33-18-17-31(28(32)16-11-22-9-14-26(29)15-10-22)21(2)24-13-12-23-6-4-7-25(23)19-24/h3,5,8-10,12-15,19,21H,4,6-7,11,16-18H2,1-2H3. The number of aryl methyl sites for hydroxylation is 4. The molecule has 1 heterocycles. The Hall–Kier alpha value is -3.21. The fourth-order valence-corrected chi connectivity index (χ4v) is 4.46. The molecule has 0 N–H and O–H groups in total. The lowest BCUT2D eigenvalue weighted by atomic mass is 10.0. The van der Waals surface area contributed by atoms with E-state index in [2.05, 4.69) is 30.1 Å². The van der Waals surface area contributed by atoms with Crippen LogP contribution in [-0.4, -0.2) is 28.9 Å². The van der Waals surface area contributed by atoms with Gasteiger partial charge in [0.1, 0.15) is 12.4 Å². The second-order valence-corrected chi connectivity index (χ2v) is 8.74. The zero-order valence-electron chi connectivity index (χ0n) is 19.4. The summed E-state index contributed by atoms with van der Waals surface area (Å²) in [6.45, 7) is 4.84. The molecule has 33 heavy (non-hydrogen) atoms. The first-order valence-corrected chi connectivity index (χ1v) is 11.7. The van der Waals surface area contributed by atoms with Crippen molar-refractivity contribution in [2.75, 3.05) is 13.2 Å². The van der Waals surface area contributed by atoms with Crippen molar-refractivity contribution in [2.24, 2.45) is 0 Å². The number of rotatable bonds is 9. The largest absolute Gasteiger partial charge is 0.476 e. The van der Waals surface area contributed by atoms with Crippen LogP contribution in [-0.2, 0) is 24.1 Å². The van der Waals surface area contributed by atoms with Crippen LogP contribution in [0, 0.1) is 12.7 Å². The van der Waals surface area contributed by atoms with Gasteiger partial charge in [0.25, 0.3) is 0 Å². The van der Waals surface area contributed by atoms with Gasteiger partial charge in [-0.25, -0.2) is 9.37 Å². The number of hydrogen-bond acceptors (Lipinski definition) is 3. The molecule has 1 amide bonds. The average molecular weight is 447 g/mol. The summed E-state index contributed by atoms with van der Waals surface area (Å²) in [6.07, 6.45) is 4.39. The molecule has 1 aliphatic carbocycles. The number of halogens is 1. The molecule has 0 bridgehead atoms. The van der Waals surface area contributed by atoms with Crippen molar-refractivity contribution in [1.29, 1.82) is 0 Å². The number of amides is 1. The minimum Gasteiger partial charge on any atom is -0.476 e. The van der Waals surface area contributed by atoms with Crippen LogP contribution in [0.2, 0.25) is 0 Å². The number of carbonyl (C=O) groups is 1. The van der Waals surface area contributed by atoms with Crippen LogP contribution >= 0.6 is 0 Å². The van der Waals surface area contributed by atoms with Gasteiger partial charge >= 0.3 is 0 Å². The zero-order chi connectivity index (χ0) is 23.2. The van der Waals surface area contributed by atoms with E-state index in [-0.39, 0.29) is 17.8 Å². The summed E-state index contributed by atoms with van der Waals surface area (Å²) >= 11 is 0. The summed E-state index contributed by atoms with van der Waals surface area (Å²) in [6, 6.07) is 18.6. The number of nitrogens with zero attached hydrogens (tertiary/aromatic N) is 2. The van der Waals surface area contributed by atoms with Gasteiger partial charge in [0.2, 0.25) is 11.8 Å². The topological polar surface area (TPSA) is 42.4 Å². The first-order valence-electron chi connectivity index (χ1n) is 11.7. The van der Waals surface area contributed by atoms with Crippen molar-refractivity contribution in [3.8, 4) is 5.88 Å². The number of fused-ring (bicyclic) bond motifs is 1. The first-order chi connectivity index (χ1) is 16.0. The quantitative estimate of drug-likeness (QED) is 0.428. The summed E-state index contributed by atoms with van der Waals surface area (Å²) in [5.74, 6) is 0.367. The summed E-state index contributed by atoms with van der Waals surface area (Å²) in [7, 11) is 0. The maximum absolute atomic E-state index is 13.3. The molecular weight excluding hydrogens is 415 g/mol. The molecule has 4 rings (SSSR count). The van der Waals surface area contributed by atoms with Crippen LogP contribution < -0.4 is 4.74 Å². The van der Waals surface area contributed by atoms with Crippen molar-refractivity contribution in [1.82, 2.24) is 9.88 Å².